The third-order valence-corrected chi connectivity index (χ3v) is 2.88. The Balaban J connectivity index is 2.66. The van der Waals surface area contributed by atoms with E-state index in [-0.39, 0.29) is 6.04 Å². The zero-order chi connectivity index (χ0) is 10.0. The predicted octanol–water partition coefficient (Wildman–Crippen LogP) is 2.98. The molecule has 0 N–H and O–H groups in total. The average molecular weight is 185 g/mol. The highest BCUT2D eigenvalue weighted by atomic mass is 19.1. The van der Waals surface area contributed by atoms with Gasteiger partial charge in [-0.05, 0) is 32.6 Å². The Bertz CT molecular complexity index is 189. The molecule has 1 nitrogen and oxygen atoms in total. The second-order valence-electron chi connectivity index (χ2n) is 4.32. The molecule has 1 aliphatic rings. The van der Waals surface area contributed by atoms with Gasteiger partial charge in [0.2, 0.25) is 0 Å². The van der Waals surface area contributed by atoms with Crippen LogP contribution >= 0.6 is 0 Å². The van der Waals surface area contributed by atoms with Gasteiger partial charge in [-0.2, -0.15) is 0 Å². The van der Waals surface area contributed by atoms with Crippen molar-refractivity contribution in [3.8, 4) is 0 Å². The van der Waals surface area contributed by atoms with Crippen LogP contribution in [0.25, 0.3) is 0 Å². The monoisotopic (exact) mass is 185 g/mol. The molecule has 0 aromatic rings. The first kappa shape index (κ1) is 10.6. The molecule has 13 heavy (non-hydrogen) atoms. The first-order chi connectivity index (χ1) is 6.02. The molecule has 76 valence electrons. The summed E-state index contributed by atoms with van der Waals surface area (Å²) in [5, 5.41) is 0. The number of piperidine rings is 1. The van der Waals surface area contributed by atoms with Crippen molar-refractivity contribution in [2.75, 3.05) is 6.54 Å². The average Bonchev–Trinajstić information content (AvgIpc) is 2.03. The van der Waals surface area contributed by atoms with Crippen LogP contribution in [-0.4, -0.2) is 23.7 Å². The fraction of sp³-hybridized carbons (Fsp3) is 0.818. The second kappa shape index (κ2) is 4.12. The Labute approximate surface area is 80.6 Å². The van der Waals surface area contributed by atoms with Crippen molar-refractivity contribution in [2.24, 2.45) is 5.92 Å². The van der Waals surface area contributed by atoms with Gasteiger partial charge in [-0.15, -0.1) is 0 Å². The van der Waals surface area contributed by atoms with Gasteiger partial charge in [0, 0.05) is 12.2 Å². The second-order valence-corrected chi connectivity index (χ2v) is 4.32. The number of hydrogen-bond donors (Lipinski definition) is 0. The summed E-state index contributed by atoms with van der Waals surface area (Å²) in [4.78, 5) is 2.12. The van der Waals surface area contributed by atoms with Crippen LogP contribution in [0.5, 0.6) is 0 Å². The number of rotatable bonds is 2. The van der Waals surface area contributed by atoms with Crippen LogP contribution in [0.1, 0.15) is 33.6 Å². The van der Waals surface area contributed by atoms with E-state index >= 15 is 0 Å². The largest absolute Gasteiger partial charge is 0.369 e. The minimum absolute atomic E-state index is 0.0636. The molecule has 1 aliphatic heterocycles. The summed E-state index contributed by atoms with van der Waals surface area (Å²) >= 11 is 0. The first-order valence-corrected chi connectivity index (χ1v) is 5.08. The van der Waals surface area contributed by atoms with Gasteiger partial charge in [0.15, 0.2) is 0 Å². The summed E-state index contributed by atoms with van der Waals surface area (Å²) in [6, 6.07) is 0.0636. The maximum absolute atomic E-state index is 13.2. The normalized spacial score (nSPS) is 31.5. The molecular weight excluding hydrogens is 165 g/mol. The van der Waals surface area contributed by atoms with E-state index in [1.165, 1.54) is 0 Å². The van der Waals surface area contributed by atoms with Crippen molar-refractivity contribution < 1.29 is 4.39 Å². The van der Waals surface area contributed by atoms with E-state index in [9.17, 15) is 4.39 Å². The third-order valence-electron chi connectivity index (χ3n) is 2.88. The highest BCUT2D eigenvalue weighted by molar-refractivity contribution is 4.97. The summed E-state index contributed by atoms with van der Waals surface area (Å²) in [7, 11) is 0. The van der Waals surface area contributed by atoms with Gasteiger partial charge in [0.25, 0.3) is 0 Å². The summed E-state index contributed by atoms with van der Waals surface area (Å²) in [6.07, 6.45) is 1.36. The number of halogens is 1. The molecule has 3 atom stereocenters. The van der Waals surface area contributed by atoms with Crippen LogP contribution in [0.4, 0.5) is 4.39 Å². The molecule has 0 aromatic carbocycles. The van der Waals surface area contributed by atoms with Gasteiger partial charge in [0.1, 0.15) is 6.17 Å². The standard InChI is InChI=1S/C11H20FN/c1-8(2)13-7-9(3)5-6-11(13)10(4)12/h9-11H,1,5-7H2,2-4H3. The molecule has 3 unspecified atom stereocenters. The minimum atomic E-state index is -0.746. The van der Waals surface area contributed by atoms with Crippen LogP contribution in [0.3, 0.4) is 0 Å². The molecule has 0 spiro atoms. The lowest BCUT2D eigenvalue weighted by Crippen LogP contribution is -2.45. The maximum atomic E-state index is 13.2. The van der Waals surface area contributed by atoms with Gasteiger partial charge in [-0.1, -0.05) is 13.5 Å². The molecule has 1 heterocycles. The van der Waals surface area contributed by atoms with E-state index in [1.807, 2.05) is 6.92 Å². The summed E-state index contributed by atoms with van der Waals surface area (Å²) < 4.78 is 13.2. The van der Waals surface area contributed by atoms with E-state index < -0.39 is 6.17 Å². The zero-order valence-electron chi connectivity index (χ0n) is 8.89. The van der Waals surface area contributed by atoms with Crippen molar-refractivity contribution in [1.82, 2.24) is 4.90 Å². The molecule has 0 amide bonds. The lowest BCUT2D eigenvalue weighted by Gasteiger charge is -2.41. The Morgan fingerprint density at radius 3 is 2.62 bits per heavy atom. The third kappa shape index (κ3) is 2.45. The number of hydrogen-bond acceptors (Lipinski definition) is 1. The number of allylic oxidation sites excluding steroid dienone is 1. The fourth-order valence-corrected chi connectivity index (χ4v) is 2.09. The summed E-state index contributed by atoms with van der Waals surface area (Å²) in [5.41, 5.74) is 1.00. The Hall–Kier alpha value is -0.530. The number of alkyl halides is 1. The lowest BCUT2D eigenvalue weighted by molar-refractivity contribution is 0.0913. The van der Waals surface area contributed by atoms with Crippen molar-refractivity contribution in [2.45, 2.75) is 45.8 Å². The van der Waals surface area contributed by atoms with Gasteiger partial charge >= 0.3 is 0 Å². The Morgan fingerprint density at radius 2 is 2.15 bits per heavy atom. The molecular formula is C11H20FN. The SMILES string of the molecule is C=C(C)N1CC(C)CCC1C(C)F. The molecule has 0 aromatic heterocycles. The maximum Gasteiger partial charge on any atom is 0.118 e. The fourth-order valence-electron chi connectivity index (χ4n) is 2.09. The van der Waals surface area contributed by atoms with E-state index in [4.69, 9.17) is 0 Å². The van der Waals surface area contributed by atoms with Crippen LogP contribution in [0.15, 0.2) is 12.3 Å². The molecule has 0 radical (unpaired) electrons. The molecule has 1 rings (SSSR count). The molecule has 0 bridgehead atoms. The Morgan fingerprint density at radius 1 is 1.54 bits per heavy atom. The lowest BCUT2D eigenvalue weighted by atomic mass is 9.92. The van der Waals surface area contributed by atoms with Crippen LogP contribution < -0.4 is 0 Å². The molecule has 0 aliphatic carbocycles. The van der Waals surface area contributed by atoms with E-state index in [0.717, 1.165) is 25.1 Å². The van der Waals surface area contributed by atoms with Gasteiger partial charge in [-0.25, -0.2) is 4.39 Å². The number of likely N-dealkylation sites (tertiary alicyclic amines) is 1. The van der Waals surface area contributed by atoms with E-state index in [2.05, 4.69) is 18.4 Å². The summed E-state index contributed by atoms with van der Waals surface area (Å²) in [5.74, 6) is 0.673. The minimum Gasteiger partial charge on any atom is -0.369 e. The van der Waals surface area contributed by atoms with Crippen molar-refractivity contribution in [1.29, 1.82) is 0 Å². The molecule has 2 heteroatoms. The van der Waals surface area contributed by atoms with Crippen LogP contribution in [-0.2, 0) is 0 Å². The quantitative estimate of drug-likeness (QED) is 0.639. The van der Waals surface area contributed by atoms with E-state index in [1.54, 1.807) is 6.92 Å². The predicted molar refractivity (Wildman–Crippen MR) is 54.3 cm³/mol. The van der Waals surface area contributed by atoms with E-state index in [0.29, 0.717) is 5.92 Å². The summed E-state index contributed by atoms with van der Waals surface area (Å²) in [6.45, 7) is 10.7. The first-order valence-electron chi connectivity index (χ1n) is 5.08. The molecule has 0 saturated carbocycles. The van der Waals surface area contributed by atoms with Gasteiger partial charge in [-0.3, -0.25) is 0 Å². The highest BCUT2D eigenvalue weighted by Crippen LogP contribution is 2.27. The van der Waals surface area contributed by atoms with Crippen molar-refractivity contribution >= 4 is 0 Å². The topological polar surface area (TPSA) is 3.24 Å². The van der Waals surface area contributed by atoms with Crippen molar-refractivity contribution in [3.05, 3.63) is 12.3 Å². The van der Waals surface area contributed by atoms with Crippen LogP contribution in [0.2, 0.25) is 0 Å². The smallest absolute Gasteiger partial charge is 0.118 e. The van der Waals surface area contributed by atoms with Crippen molar-refractivity contribution in [3.63, 3.8) is 0 Å². The van der Waals surface area contributed by atoms with Crippen LogP contribution in [0, 0.1) is 5.92 Å². The highest BCUT2D eigenvalue weighted by Gasteiger charge is 2.29. The van der Waals surface area contributed by atoms with Gasteiger partial charge < -0.3 is 4.90 Å². The Kier molecular flexibility index (Phi) is 3.34. The zero-order valence-corrected chi connectivity index (χ0v) is 8.89. The molecule has 1 fully saturated rings. The molecule has 1 saturated heterocycles. The number of nitrogens with zero attached hydrogens (tertiary/aromatic N) is 1. The van der Waals surface area contributed by atoms with Gasteiger partial charge in [0.05, 0.1) is 6.04 Å².